The summed E-state index contributed by atoms with van der Waals surface area (Å²) < 4.78 is 4.85. The zero-order valence-corrected chi connectivity index (χ0v) is 13.0. The first-order valence-electron chi connectivity index (χ1n) is 6.85. The van der Waals surface area contributed by atoms with E-state index in [-0.39, 0.29) is 24.3 Å². The van der Waals surface area contributed by atoms with Gasteiger partial charge in [0.15, 0.2) is 0 Å². The number of hydrogen-bond donors (Lipinski definition) is 2. The maximum atomic E-state index is 11.8. The fraction of sp³-hybridized carbons (Fsp3) is 0.400. The standard InChI is InChI=1S/C15H21N3O4/c1-11(19)17-13-5-4-6-14(9-13)18(12(2)20)10-15(21)16-7-8-22-3/h4-6,9H,7-8,10H2,1-3H3,(H,16,21)(H,17,19). The van der Waals surface area contributed by atoms with Crippen molar-refractivity contribution in [2.75, 3.05) is 37.0 Å². The van der Waals surface area contributed by atoms with Crippen molar-refractivity contribution in [1.82, 2.24) is 5.32 Å². The second kappa shape index (κ2) is 8.78. The van der Waals surface area contributed by atoms with Crippen molar-refractivity contribution in [3.8, 4) is 0 Å². The van der Waals surface area contributed by atoms with E-state index in [9.17, 15) is 14.4 Å². The third-order valence-corrected chi connectivity index (χ3v) is 2.79. The van der Waals surface area contributed by atoms with Gasteiger partial charge in [-0.15, -0.1) is 0 Å². The zero-order valence-electron chi connectivity index (χ0n) is 13.0. The van der Waals surface area contributed by atoms with Gasteiger partial charge in [-0.3, -0.25) is 14.4 Å². The molecule has 0 aliphatic heterocycles. The van der Waals surface area contributed by atoms with E-state index in [1.165, 1.54) is 18.7 Å². The van der Waals surface area contributed by atoms with E-state index in [4.69, 9.17) is 4.74 Å². The zero-order chi connectivity index (χ0) is 16.5. The molecule has 0 spiro atoms. The van der Waals surface area contributed by atoms with Gasteiger partial charge in [-0.05, 0) is 18.2 Å². The van der Waals surface area contributed by atoms with Gasteiger partial charge in [0, 0.05) is 38.9 Å². The summed E-state index contributed by atoms with van der Waals surface area (Å²) in [6, 6.07) is 6.77. The normalized spacial score (nSPS) is 9.95. The van der Waals surface area contributed by atoms with Gasteiger partial charge >= 0.3 is 0 Å². The van der Waals surface area contributed by atoms with E-state index >= 15 is 0 Å². The fourth-order valence-electron chi connectivity index (χ4n) is 1.83. The van der Waals surface area contributed by atoms with E-state index in [2.05, 4.69) is 10.6 Å². The molecule has 0 saturated heterocycles. The van der Waals surface area contributed by atoms with Crippen LogP contribution in [0.1, 0.15) is 13.8 Å². The molecule has 1 aromatic carbocycles. The Balaban J connectivity index is 2.80. The first-order chi connectivity index (χ1) is 10.4. The van der Waals surface area contributed by atoms with Gasteiger partial charge < -0.3 is 20.3 Å². The molecule has 2 N–H and O–H groups in total. The molecule has 0 radical (unpaired) electrons. The number of carbonyl (C=O) groups excluding carboxylic acids is 3. The SMILES string of the molecule is COCCNC(=O)CN(C(C)=O)c1cccc(NC(C)=O)c1. The second-order valence-corrected chi connectivity index (χ2v) is 4.68. The predicted octanol–water partition coefficient (Wildman–Crippen LogP) is 0.760. The average molecular weight is 307 g/mol. The Labute approximate surface area is 129 Å². The lowest BCUT2D eigenvalue weighted by molar-refractivity contribution is -0.123. The van der Waals surface area contributed by atoms with E-state index < -0.39 is 0 Å². The van der Waals surface area contributed by atoms with E-state index in [1.54, 1.807) is 31.4 Å². The van der Waals surface area contributed by atoms with Crippen molar-refractivity contribution in [1.29, 1.82) is 0 Å². The van der Waals surface area contributed by atoms with Crippen molar-refractivity contribution < 1.29 is 19.1 Å². The number of amides is 3. The lowest BCUT2D eigenvalue weighted by Crippen LogP contribution is -2.40. The van der Waals surface area contributed by atoms with Gasteiger partial charge in [0.25, 0.3) is 0 Å². The van der Waals surface area contributed by atoms with E-state index in [0.29, 0.717) is 24.5 Å². The van der Waals surface area contributed by atoms with Crippen LogP contribution in [0.2, 0.25) is 0 Å². The van der Waals surface area contributed by atoms with Crippen molar-refractivity contribution >= 4 is 29.1 Å². The van der Waals surface area contributed by atoms with Crippen LogP contribution in [0, 0.1) is 0 Å². The molecule has 0 aromatic heterocycles. The van der Waals surface area contributed by atoms with Gasteiger partial charge in [0.1, 0.15) is 6.54 Å². The minimum Gasteiger partial charge on any atom is -0.383 e. The first-order valence-corrected chi connectivity index (χ1v) is 6.85. The number of hydrogen-bond acceptors (Lipinski definition) is 4. The molecule has 1 rings (SSSR count). The Kier molecular flexibility index (Phi) is 7.04. The Morgan fingerprint density at radius 1 is 1.23 bits per heavy atom. The van der Waals surface area contributed by atoms with Gasteiger partial charge in [-0.1, -0.05) is 6.07 Å². The molecule has 120 valence electrons. The van der Waals surface area contributed by atoms with Crippen LogP contribution in [0.25, 0.3) is 0 Å². The molecule has 0 saturated carbocycles. The maximum absolute atomic E-state index is 11.8. The van der Waals surface area contributed by atoms with Gasteiger partial charge in [0.05, 0.1) is 6.61 Å². The van der Waals surface area contributed by atoms with Crippen LogP contribution < -0.4 is 15.5 Å². The number of ether oxygens (including phenoxy) is 1. The monoisotopic (exact) mass is 307 g/mol. The summed E-state index contributed by atoms with van der Waals surface area (Å²) in [5.41, 5.74) is 1.11. The van der Waals surface area contributed by atoms with Crippen LogP contribution in [0.5, 0.6) is 0 Å². The number of methoxy groups -OCH3 is 1. The molecule has 22 heavy (non-hydrogen) atoms. The van der Waals surface area contributed by atoms with Crippen molar-refractivity contribution in [3.05, 3.63) is 24.3 Å². The molecule has 0 atom stereocenters. The van der Waals surface area contributed by atoms with Gasteiger partial charge in [-0.25, -0.2) is 0 Å². The summed E-state index contributed by atoms with van der Waals surface area (Å²) in [5.74, 6) is -0.747. The molecule has 7 heteroatoms. The minimum atomic E-state index is -0.280. The number of nitrogens with zero attached hydrogens (tertiary/aromatic N) is 1. The minimum absolute atomic E-state index is 0.0947. The van der Waals surface area contributed by atoms with Crippen LogP contribution >= 0.6 is 0 Å². The molecule has 0 bridgehead atoms. The maximum Gasteiger partial charge on any atom is 0.240 e. The summed E-state index contributed by atoms with van der Waals surface area (Å²) in [6.45, 7) is 3.48. The van der Waals surface area contributed by atoms with Crippen LogP contribution in [0.15, 0.2) is 24.3 Å². The van der Waals surface area contributed by atoms with Crippen molar-refractivity contribution in [2.24, 2.45) is 0 Å². The summed E-state index contributed by atoms with van der Waals surface area (Å²) in [7, 11) is 1.54. The number of anilines is 2. The van der Waals surface area contributed by atoms with Crippen LogP contribution in [-0.4, -0.2) is 44.5 Å². The smallest absolute Gasteiger partial charge is 0.240 e. The number of carbonyl (C=O) groups is 3. The predicted molar refractivity (Wildman–Crippen MR) is 83.7 cm³/mol. The van der Waals surface area contributed by atoms with Crippen LogP contribution in [0.4, 0.5) is 11.4 Å². The second-order valence-electron chi connectivity index (χ2n) is 4.68. The van der Waals surface area contributed by atoms with Crippen molar-refractivity contribution in [2.45, 2.75) is 13.8 Å². The number of benzene rings is 1. The summed E-state index contributed by atoms with van der Waals surface area (Å²) in [6.07, 6.45) is 0. The summed E-state index contributed by atoms with van der Waals surface area (Å²) in [4.78, 5) is 36.0. The highest BCUT2D eigenvalue weighted by Gasteiger charge is 2.16. The van der Waals surface area contributed by atoms with Crippen LogP contribution in [-0.2, 0) is 19.1 Å². The topological polar surface area (TPSA) is 87.7 Å². The average Bonchev–Trinajstić information content (AvgIpc) is 2.44. The Morgan fingerprint density at radius 2 is 1.95 bits per heavy atom. The third kappa shape index (κ3) is 5.92. The van der Waals surface area contributed by atoms with Gasteiger partial charge in [-0.2, -0.15) is 0 Å². The largest absolute Gasteiger partial charge is 0.383 e. The quantitative estimate of drug-likeness (QED) is 0.728. The van der Waals surface area contributed by atoms with E-state index in [0.717, 1.165) is 0 Å². The van der Waals surface area contributed by atoms with Crippen molar-refractivity contribution in [3.63, 3.8) is 0 Å². The highest BCUT2D eigenvalue weighted by Crippen LogP contribution is 2.19. The molecule has 7 nitrogen and oxygen atoms in total. The van der Waals surface area contributed by atoms with E-state index in [1.807, 2.05) is 0 Å². The molecule has 0 heterocycles. The Hall–Kier alpha value is -2.41. The summed E-state index contributed by atoms with van der Waals surface area (Å²) in [5, 5.41) is 5.30. The lowest BCUT2D eigenvalue weighted by Gasteiger charge is -2.21. The third-order valence-electron chi connectivity index (χ3n) is 2.79. The fourth-order valence-corrected chi connectivity index (χ4v) is 1.83. The molecule has 0 aliphatic carbocycles. The molecule has 1 aromatic rings. The molecule has 3 amide bonds. The summed E-state index contributed by atoms with van der Waals surface area (Å²) >= 11 is 0. The Bertz CT molecular complexity index is 545. The highest BCUT2D eigenvalue weighted by molar-refractivity contribution is 5.98. The first kappa shape index (κ1) is 17.6. The number of rotatable bonds is 7. The molecular weight excluding hydrogens is 286 g/mol. The molecular formula is C15H21N3O4. The molecule has 0 fully saturated rings. The number of nitrogens with one attached hydrogen (secondary N) is 2. The highest BCUT2D eigenvalue weighted by atomic mass is 16.5. The molecule has 0 aliphatic rings. The Morgan fingerprint density at radius 3 is 2.55 bits per heavy atom. The van der Waals surface area contributed by atoms with Crippen LogP contribution in [0.3, 0.4) is 0 Å². The lowest BCUT2D eigenvalue weighted by atomic mass is 10.2. The van der Waals surface area contributed by atoms with Gasteiger partial charge in [0.2, 0.25) is 17.7 Å². The molecule has 0 unspecified atom stereocenters.